The molecule has 3 atom stereocenters. The van der Waals surface area contributed by atoms with Crippen molar-refractivity contribution in [3.8, 4) is 0 Å². The molecule has 3 aliphatic heterocycles. The van der Waals surface area contributed by atoms with E-state index < -0.39 is 11.6 Å². The van der Waals surface area contributed by atoms with E-state index in [4.69, 9.17) is 4.99 Å². The smallest absolute Gasteiger partial charge is 0.131 e. The van der Waals surface area contributed by atoms with Crippen LogP contribution in [-0.4, -0.2) is 44.4 Å². The lowest BCUT2D eigenvalue weighted by atomic mass is 9.99. The van der Waals surface area contributed by atoms with Gasteiger partial charge in [0.1, 0.15) is 29.2 Å². The summed E-state index contributed by atoms with van der Waals surface area (Å²) < 4.78 is 28.4. The van der Waals surface area contributed by atoms with E-state index >= 15 is 0 Å². The summed E-state index contributed by atoms with van der Waals surface area (Å²) in [6, 6.07) is 3.72. The van der Waals surface area contributed by atoms with E-state index in [2.05, 4.69) is 27.1 Å². The third-order valence-corrected chi connectivity index (χ3v) is 6.95. The van der Waals surface area contributed by atoms with Crippen molar-refractivity contribution in [3.63, 3.8) is 0 Å². The minimum Gasteiger partial charge on any atom is -0.381 e. The molecule has 5 nitrogen and oxygen atoms in total. The number of benzene rings is 1. The van der Waals surface area contributed by atoms with Gasteiger partial charge in [0.15, 0.2) is 0 Å². The van der Waals surface area contributed by atoms with Crippen molar-refractivity contribution in [2.24, 2.45) is 4.99 Å². The number of halogens is 2. The first-order valence-corrected chi connectivity index (χ1v) is 10.6. The van der Waals surface area contributed by atoms with Crippen molar-refractivity contribution in [1.29, 1.82) is 0 Å². The van der Waals surface area contributed by atoms with Crippen molar-refractivity contribution in [2.45, 2.75) is 37.2 Å². The molecule has 0 radical (unpaired) electrons. The molecule has 1 aromatic heterocycles. The summed E-state index contributed by atoms with van der Waals surface area (Å²) in [6.45, 7) is 3.83. The highest BCUT2D eigenvalue weighted by molar-refractivity contribution is 8.15. The van der Waals surface area contributed by atoms with Gasteiger partial charge in [-0.2, -0.15) is 0 Å². The first-order valence-electron chi connectivity index (χ1n) is 9.75. The predicted octanol–water partition coefficient (Wildman–Crippen LogP) is 3.66. The van der Waals surface area contributed by atoms with Crippen LogP contribution in [0.4, 0.5) is 8.78 Å². The molecule has 1 aromatic carbocycles. The second kappa shape index (κ2) is 7.50. The zero-order chi connectivity index (χ0) is 20.0. The normalized spacial score (nSPS) is 27.0. The van der Waals surface area contributed by atoms with Crippen molar-refractivity contribution in [2.75, 3.05) is 13.1 Å². The molecule has 0 bridgehead atoms. The number of hydrogen-bond acceptors (Lipinski definition) is 6. The quantitative estimate of drug-likeness (QED) is 0.832. The van der Waals surface area contributed by atoms with Gasteiger partial charge < -0.3 is 5.32 Å². The second-order valence-electron chi connectivity index (χ2n) is 7.64. The first-order chi connectivity index (χ1) is 14.1. The fourth-order valence-corrected chi connectivity index (χ4v) is 5.51. The topological polar surface area (TPSA) is 53.4 Å². The molecule has 0 spiro atoms. The summed E-state index contributed by atoms with van der Waals surface area (Å²) in [5, 5.41) is 4.66. The number of nitrogens with one attached hydrogen (secondary N) is 1. The monoisotopic (exact) mass is 413 g/mol. The van der Waals surface area contributed by atoms with Crippen molar-refractivity contribution < 1.29 is 8.78 Å². The molecule has 5 rings (SSSR count). The minimum atomic E-state index is -0.487. The Hall–Kier alpha value is -2.32. The fraction of sp³-hybridized carbons (Fsp3) is 0.381. The number of aromatic nitrogens is 2. The largest absolute Gasteiger partial charge is 0.381 e. The molecule has 150 valence electrons. The van der Waals surface area contributed by atoms with Gasteiger partial charge in [-0.25, -0.2) is 18.7 Å². The number of aliphatic imine (C=N–C) groups is 1. The van der Waals surface area contributed by atoms with Gasteiger partial charge in [-0.1, -0.05) is 17.8 Å². The Balaban J connectivity index is 1.32. The van der Waals surface area contributed by atoms with E-state index in [0.29, 0.717) is 11.7 Å². The van der Waals surface area contributed by atoms with Gasteiger partial charge in [0, 0.05) is 47.6 Å². The van der Waals surface area contributed by atoms with Gasteiger partial charge in [-0.15, -0.1) is 0 Å². The maximum atomic E-state index is 14.2. The number of nitrogens with zero attached hydrogens (tertiary/aromatic N) is 4. The Morgan fingerprint density at radius 2 is 1.93 bits per heavy atom. The third-order valence-electron chi connectivity index (χ3n) is 5.77. The molecule has 4 heterocycles. The summed E-state index contributed by atoms with van der Waals surface area (Å²) in [5.41, 5.74) is 3.45. The summed E-state index contributed by atoms with van der Waals surface area (Å²) in [5.74, 6) is -0.973. The molecule has 2 aromatic rings. The van der Waals surface area contributed by atoms with Gasteiger partial charge >= 0.3 is 0 Å². The molecule has 8 heteroatoms. The van der Waals surface area contributed by atoms with Crippen LogP contribution in [0.2, 0.25) is 0 Å². The summed E-state index contributed by atoms with van der Waals surface area (Å²) in [4.78, 5) is 15.5. The Kier molecular flexibility index (Phi) is 4.83. The van der Waals surface area contributed by atoms with Crippen LogP contribution in [0, 0.1) is 11.6 Å². The maximum Gasteiger partial charge on any atom is 0.131 e. The van der Waals surface area contributed by atoms with Crippen LogP contribution >= 0.6 is 11.8 Å². The number of hydrogen-bond donors (Lipinski definition) is 1. The summed E-state index contributed by atoms with van der Waals surface area (Å²) in [6.07, 6.45) is 6.65. The van der Waals surface area contributed by atoms with Gasteiger partial charge in [0.05, 0.1) is 6.04 Å². The Morgan fingerprint density at radius 3 is 2.69 bits per heavy atom. The lowest BCUT2D eigenvalue weighted by Crippen LogP contribution is -2.42. The zero-order valence-electron chi connectivity index (χ0n) is 16.0. The van der Waals surface area contributed by atoms with Crippen molar-refractivity contribution in [3.05, 3.63) is 71.0 Å². The average molecular weight is 413 g/mol. The van der Waals surface area contributed by atoms with E-state index in [0.717, 1.165) is 35.8 Å². The Labute approximate surface area is 172 Å². The molecule has 0 saturated heterocycles. The number of thioether (sulfide) groups is 1. The van der Waals surface area contributed by atoms with E-state index in [1.807, 2.05) is 0 Å². The van der Waals surface area contributed by atoms with Crippen LogP contribution in [0.5, 0.6) is 0 Å². The molecular formula is C21H21F2N5S. The first kappa shape index (κ1) is 18.7. The lowest BCUT2D eigenvalue weighted by Gasteiger charge is -2.33. The Bertz CT molecular complexity index is 974. The van der Waals surface area contributed by atoms with E-state index in [1.165, 1.54) is 30.1 Å². The van der Waals surface area contributed by atoms with Gasteiger partial charge in [0.25, 0.3) is 0 Å². The van der Waals surface area contributed by atoms with E-state index in [1.54, 1.807) is 24.2 Å². The summed E-state index contributed by atoms with van der Waals surface area (Å²) >= 11 is 1.74. The summed E-state index contributed by atoms with van der Waals surface area (Å²) in [7, 11) is 0. The molecule has 3 unspecified atom stereocenters. The van der Waals surface area contributed by atoms with Crippen molar-refractivity contribution in [1.82, 2.24) is 20.2 Å². The lowest BCUT2D eigenvalue weighted by molar-refractivity contribution is 0.211. The van der Waals surface area contributed by atoms with Crippen molar-refractivity contribution >= 4 is 16.8 Å². The van der Waals surface area contributed by atoms with Crippen LogP contribution in [0.3, 0.4) is 0 Å². The average Bonchev–Trinajstić information content (AvgIpc) is 3.31. The van der Waals surface area contributed by atoms with Crippen LogP contribution in [0.15, 0.2) is 53.2 Å². The van der Waals surface area contributed by atoms with Crippen LogP contribution in [0.25, 0.3) is 0 Å². The molecular weight excluding hydrogens is 392 g/mol. The van der Waals surface area contributed by atoms with E-state index in [9.17, 15) is 8.78 Å². The molecule has 0 aliphatic carbocycles. The molecule has 0 saturated carbocycles. The minimum absolute atomic E-state index is 0.0773. The van der Waals surface area contributed by atoms with E-state index in [-0.39, 0.29) is 17.8 Å². The SMILES string of the molecule is CC1SC(c2cncnc2)=NC1N1CCC2=C(CC(c3c(F)cccc3F)N2)C1. The maximum absolute atomic E-state index is 14.2. The van der Waals surface area contributed by atoms with Crippen LogP contribution in [0.1, 0.15) is 36.9 Å². The fourth-order valence-electron chi connectivity index (χ4n) is 4.39. The second-order valence-corrected chi connectivity index (χ2v) is 9.00. The molecule has 1 N–H and O–H groups in total. The highest BCUT2D eigenvalue weighted by atomic mass is 32.2. The van der Waals surface area contributed by atoms with Crippen LogP contribution in [-0.2, 0) is 0 Å². The highest BCUT2D eigenvalue weighted by Gasteiger charge is 2.37. The molecule has 3 aliphatic rings. The third kappa shape index (κ3) is 3.44. The van der Waals surface area contributed by atoms with Crippen LogP contribution < -0.4 is 5.32 Å². The standard InChI is InChI=1S/C21H21F2N5S/c1-12-20(27-21(29-12)14-8-24-11-25-9-14)28-6-5-17-13(10-28)7-18(26-17)19-15(22)3-2-4-16(19)23/h2-4,8-9,11-12,18,20,26H,5-7,10H2,1H3. The van der Waals surface area contributed by atoms with Gasteiger partial charge in [0.2, 0.25) is 0 Å². The number of rotatable bonds is 3. The zero-order valence-corrected chi connectivity index (χ0v) is 16.8. The predicted molar refractivity (Wildman–Crippen MR) is 109 cm³/mol. The molecule has 0 amide bonds. The van der Waals surface area contributed by atoms with Gasteiger partial charge in [-0.05, 0) is 37.5 Å². The molecule has 0 fully saturated rings. The Morgan fingerprint density at radius 1 is 1.17 bits per heavy atom. The highest BCUT2D eigenvalue weighted by Crippen LogP contribution is 2.39. The van der Waals surface area contributed by atoms with Gasteiger partial charge in [-0.3, -0.25) is 9.89 Å². The molecule has 29 heavy (non-hydrogen) atoms.